The van der Waals surface area contributed by atoms with E-state index in [-0.39, 0.29) is 16.9 Å². The molecule has 0 radical (unpaired) electrons. The third-order valence-electron chi connectivity index (χ3n) is 4.64. The van der Waals surface area contributed by atoms with E-state index in [0.717, 1.165) is 30.5 Å². The van der Waals surface area contributed by atoms with Gasteiger partial charge in [0.15, 0.2) is 0 Å². The Hall–Kier alpha value is -3.89. The predicted octanol–water partition coefficient (Wildman–Crippen LogP) is 5.56. The van der Waals surface area contributed by atoms with Crippen LogP contribution in [0.1, 0.15) is 45.7 Å². The van der Waals surface area contributed by atoms with Crippen molar-refractivity contribution in [3.05, 3.63) is 94.8 Å². The van der Waals surface area contributed by atoms with Gasteiger partial charge in [-0.25, -0.2) is 0 Å². The Morgan fingerprint density at radius 3 is 2.03 bits per heavy atom. The van der Waals surface area contributed by atoms with Gasteiger partial charge in [-0.3, -0.25) is 14.6 Å². The normalized spacial score (nSPS) is 12.7. The number of hydrogen-bond acceptors (Lipinski definition) is 4. The number of carbonyl (C=O) groups excluding carboxylic acids is 2. The zero-order valence-electron chi connectivity index (χ0n) is 17.4. The number of rotatable bonds is 5. The molecule has 1 heterocycles. The molecule has 1 aromatic heterocycles. The highest BCUT2D eigenvalue weighted by molar-refractivity contribution is 5.94. The van der Waals surface area contributed by atoms with Gasteiger partial charge in [-0.2, -0.15) is 26.3 Å². The maximum absolute atomic E-state index is 13.6. The number of nitrogens with zero attached hydrogens (tertiary/aromatic N) is 1. The van der Waals surface area contributed by atoms with Crippen LogP contribution in [0.15, 0.2) is 66.9 Å². The largest absolute Gasteiger partial charge is 0.427 e. The second-order valence-corrected chi connectivity index (χ2v) is 7.08. The van der Waals surface area contributed by atoms with Crippen molar-refractivity contribution in [2.45, 2.75) is 25.3 Å². The quantitative estimate of drug-likeness (QED) is 0.294. The first kappa shape index (κ1) is 24.7. The molecule has 0 aliphatic carbocycles. The van der Waals surface area contributed by atoms with Crippen LogP contribution in [0.5, 0.6) is 5.75 Å². The molecular weight excluding hydrogens is 466 g/mol. The molecule has 1 atom stereocenters. The van der Waals surface area contributed by atoms with Gasteiger partial charge >= 0.3 is 18.3 Å². The molecule has 0 saturated heterocycles. The van der Waals surface area contributed by atoms with Crippen molar-refractivity contribution < 1.29 is 40.7 Å². The number of hydrogen-bond donors (Lipinski definition) is 1. The zero-order chi connectivity index (χ0) is 25.1. The van der Waals surface area contributed by atoms with Gasteiger partial charge in [0.05, 0.1) is 22.9 Å². The van der Waals surface area contributed by atoms with Gasteiger partial charge in [-0.05, 0) is 54.1 Å². The highest BCUT2D eigenvalue weighted by Gasteiger charge is 2.37. The lowest BCUT2D eigenvalue weighted by Crippen LogP contribution is -2.31. The number of amides is 1. The number of aromatic nitrogens is 1. The molecule has 0 aliphatic rings. The van der Waals surface area contributed by atoms with Crippen molar-refractivity contribution >= 4 is 11.9 Å². The molecule has 0 spiro atoms. The number of nitrogens with one attached hydrogen (secondary N) is 1. The maximum Gasteiger partial charge on any atom is 0.418 e. The van der Waals surface area contributed by atoms with Gasteiger partial charge in [0.25, 0.3) is 5.91 Å². The highest BCUT2D eigenvalue weighted by Crippen LogP contribution is 2.36. The van der Waals surface area contributed by atoms with E-state index in [9.17, 15) is 35.9 Å². The molecule has 3 aromatic rings. The van der Waals surface area contributed by atoms with E-state index < -0.39 is 47.1 Å². The molecule has 178 valence electrons. The van der Waals surface area contributed by atoms with Gasteiger partial charge in [0.2, 0.25) is 0 Å². The Bertz CT molecular complexity index is 1170. The number of carbonyl (C=O) groups is 2. The van der Waals surface area contributed by atoms with Gasteiger partial charge in [-0.1, -0.05) is 12.1 Å². The number of benzene rings is 2. The summed E-state index contributed by atoms with van der Waals surface area (Å²) >= 11 is 0. The molecule has 2 aromatic carbocycles. The first-order chi connectivity index (χ1) is 15.9. The summed E-state index contributed by atoms with van der Waals surface area (Å²) in [5, 5.41) is 2.41. The van der Waals surface area contributed by atoms with E-state index in [0.29, 0.717) is 12.1 Å². The van der Waals surface area contributed by atoms with E-state index in [1.807, 2.05) is 0 Å². The van der Waals surface area contributed by atoms with Crippen LogP contribution >= 0.6 is 0 Å². The molecule has 3 rings (SSSR count). The average Bonchev–Trinajstić information content (AvgIpc) is 2.76. The van der Waals surface area contributed by atoms with Crippen LogP contribution in [-0.2, 0) is 17.1 Å². The van der Waals surface area contributed by atoms with Gasteiger partial charge < -0.3 is 10.1 Å². The van der Waals surface area contributed by atoms with Crippen molar-refractivity contribution in [3.63, 3.8) is 0 Å². The van der Waals surface area contributed by atoms with Crippen LogP contribution in [0.4, 0.5) is 26.3 Å². The smallest absolute Gasteiger partial charge is 0.418 e. The van der Waals surface area contributed by atoms with E-state index >= 15 is 0 Å². The Morgan fingerprint density at radius 1 is 0.882 bits per heavy atom. The molecule has 0 fully saturated rings. The Morgan fingerprint density at radius 2 is 1.50 bits per heavy atom. The van der Waals surface area contributed by atoms with Crippen LogP contribution in [0, 0.1) is 0 Å². The Labute approximate surface area is 189 Å². The van der Waals surface area contributed by atoms with Crippen molar-refractivity contribution in [2.75, 3.05) is 0 Å². The fourth-order valence-electron chi connectivity index (χ4n) is 3.12. The van der Waals surface area contributed by atoms with Crippen molar-refractivity contribution in [3.8, 4) is 5.75 Å². The van der Waals surface area contributed by atoms with E-state index in [4.69, 9.17) is 4.74 Å². The summed E-state index contributed by atoms with van der Waals surface area (Å²) in [6, 6.07) is 8.86. The van der Waals surface area contributed by atoms with Crippen LogP contribution in [-0.4, -0.2) is 16.9 Å². The van der Waals surface area contributed by atoms with E-state index in [1.54, 1.807) is 0 Å². The minimum Gasteiger partial charge on any atom is -0.427 e. The summed E-state index contributed by atoms with van der Waals surface area (Å²) in [4.78, 5) is 27.6. The number of pyridine rings is 1. The Kier molecular flexibility index (Phi) is 6.94. The third-order valence-corrected chi connectivity index (χ3v) is 4.64. The highest BCUT2D eigenvalue weighted by atomic mass is 19.4. The topological polar surface area (TPSA) is 68.3 Å². The number of esters is 1. The molecule has 1 N–H and O–H groups in total. The summed E-state index contributed by atoms with van der Waals surface area (Å²) in [5.41, 5.74) is -2.76. The molecule has 5 nitrogen and oxygen atoms in total. The Balaban J connectivity index is 2.01. The van der Waals surface area contributed by atoms with Crippen LogP contribution in [0.3, 0.4) is 0 Å². The summed E-state index contributed by atoms with van der Waals surface area (Å²) in [5.74, 6) is -1.26. The van der Waals surface area contributed by atoms with Crippen molar-refractivity contribution in [2.24, 2.45) is 0 Å². The van der Waals surface area contributed by atoms with E-state index in [1.165, 1.54) is 31.2 Å². The molecular formula is C23H16F6N2O3. The zero-order valence-corrected chi connectivity index (χ0v) is 17.4. The predicted molar refractivity (Wildman–Crippen MR) is 108 cm³/mol. The first-order valence-electron chi connectivity index (χ1n) is 9.65. The standard InChI is InChI=1S/C23H16F6N2O3/c1-13(32)34-17-10-6-15(7-11-17)21(33)31-19(14-4-8-16(9-5-14)22(24,25)26)20-18(23(27,28)29)3-2-12-30-20/h2-12,19H,1H3,(H,31,33)/t19-/m0/s1. The van der Waals surface area contributed by atoms with Crippen LogP contribution in [0.25, 0.3) is 0 Å². The summed E-state index contributed by atoms with van der Waals surface area (Å²) in [6.45, 7) is 1.18. The lowest BCUT2D eigenvalue weighted by atomic mass is 9.97. The summed E-state index contributed by atoms with van der Waals surface area (Å²) in [6.07, 6.45) is -8.39. The molecule has 0 saturated carbocycles. The van der Waals surface area contributed by atoms with Crippen LogP contribution in [0.2, 0.25) is 0 Å². The molecule has 0 aliphatic heterocycles. The number of halogens is 6. The van der Waals surface area contributed by atoms with Crippen molar-refractivity contribution in [1.82, 2.24) is 10.3 Å². The molecule has 0 unspecified atom stereocenters. The molecule has 1 amide bonds. The maximum atomic E-state index is 13.6. The number of alkyl halides is 6. The SMILES string of the molecule is CC(=O)Oc1ccc(C(=O)N[C@@H](c2ccc(C(F)(F)F)cc2)c2ncccc2C(F)(F)F)cc1. The second-order valence-electron chi connectivity index (χ2n) is 7.08. The van der Waals surface area contributed by atoms with Crippen molar-refractivity contribution in [1.29, 1.82) is 0 Å². The summed E-state index contributed by atoms with van der Waals surface area (Å²) < 4.78 is 84.5. The monoisotopic (exact) mass is 482 g/mol. The fourth-order valence-corrected chi connectivity index (χ4v) is 3.12. The fraction of sp³-hybridized carbons (Fsp3) is 0.174. The second kappa shape index (κ2) is 9.54. The minimum absolute atomic E-state index is 0.0114. The minimum atomic E-state index is -4.83. The van der Waals surface area contributed by atoms with Gasteiger partial charge in [-0.15, -0.1) is 0 Å². The molecule has 34 heavy (non-hydrogen) atoms. The van der Waals surface area contributed by atoms with Gasteiger partial charge in [0.1, 0.15) is 5.75 Å². The van der Waals surface area contributed by atoms with Gasteiger partial charge in [0, 0.05) is 18.7 Å². The first-order valence-corrected chi connectivity index (χ1v) is 9.65. The average molecular weight is 482 g/mol. The molecule has 11 heteroatoms. The lowest BCUT2D eigenvalue weighted by molar-refractivity contribution is -0.139. The van der Waals surface area contributed by atoms with Crippen LogP contribution < -0.4 is 10.1 Å². The van der Waals surface area contributed by atoms with E-state index in [2.05, 4.69) is 10.3 Å². The number of ether oxygens (including phenoxy) is 1. The lowest BCUT2D eigenvalue weighted by Gasteiger charge is -2.23. The summed E-state index contributed by atoms with van der Waals surface area (Å²) in [7, 11) is 0. The molecule has 0 bridgehead atoms. The third kappa shape index (κ3) is 5.91.